The highest BCUT2D eigenvalue weighted by atomic mass is 16.5. The van der Waals surface area contributed by atoms with Gasteiger partial charge in [-0.15, -0.1) is 0 Å². The molecule has 0 saturated carbocycles. The minimum absolute atomic E-state index is 0.353. The van der Waals surface area contributed by atoms with Gasteiger partial charge in [0, 0.05) is 12.3 Å². The zero-order chi connectivity index (χ0) is 12.3. The van der Waals surface area contributed by atoms with Crippen molar-refractivity contribution < 1.29 is 9.26 Å². The lowest BCUT2D eigenvalue weighted by Gasteiger charge is -2.12. The van der Waals surface area contributed by atoms with E-state index in [-0.39, 0.29) is 0 Å². The van der Waals surface area contributed by atoms with Crippen molar-refractivity contribution in [1.29, 1.82) is 0 Å². The summed E-state index contributed by atoms with van der Waals surface area (Å²) in [5.41, 5.74) is 6.99. The summed E-state index contributed by atoms with van der Waals surface area (Å²) < 4.78 is 10.7. The van der Waals surface area contributed by atoms with Gasteiger partial charge in [-0.05, 0) is 25.1 Å². The molecule has 0 bridgehead atoms. The number of hydrogen-bond acceptors (Lipinski definition) is 5. The van der Waals surface area contributed by atoms with Crippen molar-refractivity contribution >= 4 is 5.69 Å². The van der Waals surface area contributed by atoms with E-state index in [4.69, 9.17) is 15.0 Å². The maximum absolute atomic E-state index is 5.74. The first kappa shape index (κ1) is 11.2. The van der Waals surface area contributed by atoms with Crippen LogP contribution in [-0.2, 0) is 0 Å². The van der Waals surface area contributed by atoms with E-state index in [1.165, 1.54) is 0 Å². The van der Waals surface area contributed by atoms with E-state index in [1.54, 1.807) is 30.5 Å². The number of aryl methyl sites for hydroxylation is 1. The topological polar surface area (TPSA) is 74.2 Å². The molecule has 0 aliphatic carbocycles. The summed E-state index contributed by atoms with van der Waals surface area (Å²) in [6.45, 7) is 5.53. The van der Waals surface area contributed by atoms with Gasteiger partial charge in [0.15, 0.2) is 11.9 Å². The Bertz CT molecular complexity index is 522. The second-order valence-corrected chi connectivity index (χ2v) is 3.54. The third kappa shape index (κ3) is 2.44. The molecule has 0 aliphatic rings. The molecule has 0 aromatic carbocycles. The maximum Gasteiger partial charge on any atom is 0.238 e. The van der Waals surface area contributed by atoms with Crippen LogP contribution >= 0.6 is 0 Å². The molecule has 17 heavy (non-hydrogen) atoms. The molecule has 2 aromatic rings. The van der Waals surface area contributed by atoms with Gasteiger partial charge in [-0.25, -0.2) is 4.98 Å². The van der Waals surface area contributed by atoms with E-state index < -0.39 is 6.10 Å². The molecule has 5 heteroatoms. The molecule has 0 spiro atoms. The SMILES string of the molecule is C=CC(Oc1ncccc1N)c1cc(C)no1. The molecule has 0 amide bonds. The quantitative estimate of drug-likeness (QED) is 0.817. The van der Waals surface area contributed by atoms with Gasteiger partial charge < -0.3 is 15.0 Å². The summed E-state index contributed by atoms with van der Waals surface area (Å²) in [6.07, 6.45) is 2.76. The molecule has 5 nitrogen and oxygen atoms in total. The molecule has 88 valence electrons. The monoisotopic (exact) mass is 231 g/mol. The number of nitrogen functional groups attached to an aromatic ring is 1. The maximum atomic E-state index is 5.74. The van der Waals surface area contributed by atoms with Crippen molar-refractivity contribution in [3.8, 4) is 5.88 Å². The molecule has 2 heterocycles. The molecule has 2 aromatic heterocycles. The van der Waals surface area contributed by atoms with Gasteiger partial charge in [0.05, 0.1) is 11.4 Å². The number of hydrogen-bond donors (Lipinski definition) is 1. The lowest BCUT2D eigenvalue weighted by molar-refractivity contribution is 0.200. The number of rotatable bonds is 4. The van der Waals surface area contributed by atoms with E-state index in [0.717, 1.165) is 5.69 Å². The summed E-state index contributed by atoms with van der Waals surface area (Å²) in [6, 6.07) is 5.24. The van der Waals surface area contributed by atoms with Crippen molar-refractivity contribution in [2.24, 2.45) is 0 Å². The molecular formula is C12H13N3O2. The molecule has 2 rings (SSSR count). The van der Waals surface area contributed by atoms with E-state index in [9.17, 15) is 0 Å². The Balaban J connectivity index is 2.21. The highest BCUT2D eigenvalue weighted by Crippen LogP contribution is 2.25. The molecule has 2 N–H and O–H groups in total. The lowest BCUT2D eigenvalue weighted by atomic mass is 10.2. The molecule has 1 atom stereocenters. The third-order valence-electron chi connectivity index (χ3n) is 2.18. The van der Waals surface area contributed by atoms with E-state index in [1.807, 2.05) is 6.92 Å². The van der Waals surface area contributed by atoms with Crippen LogP contribution in [0.1, 0.15) is 17.6 Å². The lowest BCUT2D eigenvalue weighted by Crippen LogP contribution is -2.06. The van der Waals surface area contributed by atoms with Crippen LogP contribution in [0, 0.1) is 6.92 Å². The second kappa shape index (κ2) is 4.69. The fourth-order valence-corrected chi connectivity index (χ4v) is 1.36. The van der Waals surface area contributed by atoms with Crippen LogP contribution in [0.5, 0.6) is 5.88 Å². The molecule has 1 unspecified atom stereocenters. The molecule has 0 saturated heterocycles. The van der Waals surface area contributed by atoms with Gasteiger partial charge in [0.25, 0.3) is 0 Å². The van der Waals surface area contributed by atoms with E-state index >= 15 is 0 Å². The highest BCUT2D eigenvalue weighted by molar-refractivity contribution is 5.47. The summed E-state index contributed by atoms with van der Waals surface area (Å²) in [5.74, 6) is 0.925. The zero-order valence-corrected chi connectivity index (χ0v) is 9.46. The normalized spacial score (nSPS) is 12.1. The Morgan fingerprint density at radius 2 is 2.41 bits per heavy atom. The van der Waals surface area contributed by atoms with Crippen LogP contribution in [0.15, 0.2) is 41.6 Å². The summed E-state index contributed by atoms with van der Waals surface area (Å²) in [7, 11) is 0. The van der Waals surface area contributed by atoms with Crippen molar-refractivity contribution in [2.75, 3.05) is 5.73 Å². The van der Waals surface area contributed by atoms with Crippen LogP contribution in [-0.4, -0.2) is 10.1 Å². The summed E-state index contributed by atoms with van der Waals surface area (Å²) >= 11 is 0. The zero-order valence-electron chi connectivity index (χ0n) is 9.46. The number of ether oxygens (including phenoxy) is 1. The van der Waals surface area contributed by atoms with Gasteiger partial charge in [0.2, 0.25) is 5.88 Å². The summed E-state index contributed by atoms with van der Waals surface area (Å²) in [5, 5.41) is 3.80. The molecule has 0 aliphatic heterocycles. The Kier molecular flexibility index (Phi) is 3.09. The van der Waals surface area contributed by atoms with E-state index in [2.05, 4.69) is 16.7 Å². The van der Waals surface area contributed by atoms with Gasteiger partial charge in [-0.3, -0.25) is 0 Å². The fourth-order valence-electron chi connectivity index (χ4n) is 1.36. The van der Waals surface area contributed by atoms with E-state index in [0.29, 0.717) is 17.3 Å². The Labute approximate surface area is 98.9 Å². The number of anilines is 1. The Hall–Kier alpha value is -2.30. The van der Waals surface area contributed by atoms with Crippen LogP contribution in [0.2, 0.25) is 0 Å². The van der Waals surface area contributed by atoms with Crippen molar-refractivity contribution in [3.63, 3.8) is 0 Å². The van der Waals surface area contributed by atoms with Crippen LogP contribution < -0.4 is 10.5 Å². The highest BCUT2D eigenvalue weighted by Gasteiger charge is 2.16. The van der Waals surface area contributed by atoms with Gasteiger partial charge in [-0.2, -0.15) is 0 Å². The first-order valence-electron chi connectivity index (χ1n) is 5.13. The van der Waals surface area contributed by atoms with Crippen LogP contribution in [0.25, 0.3) is 0 Å². The predicted molar refractivity (Wildman–Crippen MR) is 63.5 cm³/mol. The minimum atomic E-state index is -0.451. The standard InChI is InChI=1S/C12H13N3O2/c1-3-10(11-7-8(2)15-17-11)16-12-9(13)5-4-6-14-12/h3-7,10H,1,13H2,2H3. The van der Waals surface area contributed by atoms with Gasteiger partial charge in [-0.1, -0.05) is 11.7 Å². The minimum Gasteiger partial charge on any atom is -0.460 e. The second-order valence-electron chi connectivity index (χ2n) is 3.54. The summed E-state index contributed by atoms with van der Waals surface area (Å²) in [4.78, 5) is 4.04. The first-order valence-corrected chi connectivity index (χ1v) is 5.13. The molecular weight excluding hydrogens is 218 g/mol. The van der Waals surface area contributed by atoms with Crippen LogP contribution in [0.4, 0.5) is 5.69 Å². The third-order valence-corrected chi connectivity index (χ3v) is 2.18. The van der Waals surface area contributed by atoms with Gasteiger partial charge >= 0.3 is 0 Å². The van der Waals surface area contributed by atoms with Crippen molar-refractivity contribution in [2.45, 2.75) is 13.0 Å². The number of nitrogens with zero attached hydrogens (tertiary/aromatic N) is 2. The Morgan fingerprint density at radius 1 is 1.59 bits per heavy atom. The van der Waals surface area contributed by atoms with Crippen molar-refractivity contribution in [1.82, 2.24) is 10.1 Å². The predicted octanol–water partition coefficient (Wildman–Crippen LogP) is 2.27. The first-order chi connectivity index (χ1) is 8.20. The number of nitrogens with two attached hydrogens (primary N) is 1. The molecule has 0 fully saturated rings. The van der Waals surface area contributed by atoms with Crippen LogP contribution in [0.3, 0.4) is 0 Å². The largest absolute Gasteiger partial charge is 0.460 e. The number of aromatic nitrogens is 2. The van der Waals surface area contributed by atoms with Gasteiger partial charge in [0.1, 0.15) is 0 Å². The Morgan fingerprint density at radius 3 is 3.00 bits per heavy atom. The number of pyridine rings is 1. The molecule has 0 radical (unpaired) electrons. The smallest absolute Gasteiger partial charge is 0.238 e. The average molecular weight is 231 g/mol. The average Bonchev–Trinajstić information content (AvgIpc) is 2.75. The fraction of sp³-hybridized carbons (Fsp3) is 0.167. The van der Waals surface area contributed by atoms with Crippen molar-refractivity contribution in [3.05, 3.63) is 48.5 Å².